The largest absolute Gasteiger partial charge is 0.417 e. The van der Waals surface area contributed by atoms with E-state index in [-0.39, 0.29) is 45.0 Å². The Labute approximate surface area is 252 Å². The highest BCUT2D eigenvalue weighted by Gasteiger charge is 2.49. The molecule has 41 heavy (non-hydrogen) atoms. The van der Waals surface area contributed by atoms with Crippen molar-refractivity contribution in [1.29, 1.82) is 0 Å². The van der Waals surface area contributed by atoms with Gasteiger partial charge in [0, 0.05) is 11.1 Å². The summed E-state index contributed by atoms with van der Waals surface area (Å²) in [6.45, 7) is -1.47. The van der Waals surface area contributed by atoms with Gasteiger partial charge in [-0.1, -0.05) is 71.4 Å². The van der Waals surface area contributed by atoms with Crippen molar-refractivity contribution in [2.75, 3.05) is 6.54 Å². The van der Waals surface area contributed by atoms with Gasteiger partial charge in [-0.25, -0.2) is 4.39 Å². The number of rotatable bonds is 7. The molecule has 2 N–H and O–H groups in total. The van der Waals surface area contributed by atoms with Crippen molar-refractivity contribution in [3.63, 3.8) is 0 Å². The van der Waals surface area contributed by atoms with Gasteiger partial charge in [0.25, 0.3) is 0 Å². The van der Waals surface area contributed by atoms with Gasteiger partial charge in [-0.3, -0.25) is 0 Å². The minimum atomic E-state index is -5.15. The molecule has 17 heteroatoms. The molecule has 2 aromatic rings. The average Bonchev–Trinajstić information content (AvgIpc) is 3.62. The lowest BCUT2D eigenvalue weighted by Gasteiger charge is -2.24. The van der Waals surface area contributed by atoms with E-state index >= 15 is 4.39 Å². The van der Waals surface area contributed by atoms with Gasteiger partial charge in [-0.15, -0.1) is 0 Å². The quantitative estimate of drug-likeness (QED) is 0.172. The van der Waals surface area contributed by atoms with Crippen LogP contribution < -0.4 is 10.6 Å². The smallest absolute Gasteiger partial charge is 0.369 e. The summed E-state index contributed by atoms with van der Waals surface area (Å²) in [6, 6.07) is 3.38. The predicted octanol–water partition coefficient (Wildman–Crippen LogP) is 9.60. The van der Waals surface area contributed by atoms with E-state index in [1.165, 1.54) is 0 Å². The Bertz CT molecular complexity index is 1360. The number of alkyl halides is 9. The lowest BCUT2D eigenvalue weighted by atomic mass is 9.95. The summed E-state index contributed by atoms with van der Waals surface area (Å²) in [7, 11) is 0. The SMILES string of the molecule is F/C(=C\C(c1cc(Cl)c(Cl)c(Cl)c1)C(F)(F)F)c1ccc(C(=S)NC2(C(=S)NCC(F)(F)F)CC2)c(C(F)(F)F)c1. The van der Waals surface area contributed by atoms with Gasteiger partial charge in [0.2, 0.25) is 0 Å². The van der Waals surface area contributed by atoms with Crippen molar-refractivity contribution in [2.24, 2.45) is 0 Å². The third-order valence-corrected chi connectivity index (χ3v) is 7.92. The van der Waals surface area contributed by atoms with Crippen LogP contribution in [0.2, 0.25) is 15.1 Å². The van der Waals surface area contributed by atoms with Gasteiger partial charge >= 0.3 is 18.5 Å². The molecule has 1 aliphatic carbocycles. The third kappa shape index (κ3) is 8.37. The molecule has 0 aliphatic heterocycles. The first-order chi connectivity index (χ1) is 18.6. The molecule has 0 amide bonds. The first kappa shape index (κ1) is 33.6. The molecule has 0 heterocycles. The highest BCUT2D eigenvalue weighted by Crippen LogP contribution is 2.43. The molecule has 3 rings (SSSR count). The molecule has 0 saturated heterocycles. The fraction of sp³-hybridized carbons (Fsp3) is 0.333. The van der Waals surface area contributed by atoms with E-state index in [1.807, 2.05) is 5.32 Å². The summed E-state index contributed by atoms with van der Waals surface area (Å²) in [6.07, 6.45) is -14.5. The number of thiocarbonyl (C=S) groups is 2. The average molecular weight is 692 g/mol. The Balaban J connectivity index is 1.96. The Morgan fingerprint density at radius 2 is 1.49 bits per heavy atom. The Morgan fingerprint density at radius 3 is 1.95 bits per heavy atom. The summed E-state index contributed by atoms with van der Waals surface area (Å²) < 4.78 is 136. The van der Waals surface area contributed by atoms with Gasteiger partial charge < -0.3 is 10.6 Å². The van der Waals surface area contributed by atoms with Crippen LogP contribution in [0.5, 0.6) is 0 Å². The van der Waals surface area contributed by atoms with Gasteiger partial charge in [0.05, 0.1) is 26.2 Å². The van der Waals surface area contributed by atoms with Crippen LogP contribution in [0.15, 0.2) is 36.4 Å². The second kappa shape index (κ2) is 12.0. The molecule has 2 aromatic carbocycles. The number of hydrogen-bond acceptors (Lipinski definition) is 2. The maximum atomic E-state index is 15.1. The van der Waals surface area contributed by atoms with Crippen LogP contribution in [0.4, 0.5) is 43.9 Å². The predicted molar refractivity (Wildman–Crippen MR) is 144 cm³/mol. The maximum absolute atomic E-state index is 15.1. The summed E-state index contributed by atoms with van der Waals surface area (Å²) in [5, 5.41) is 3.57. The highest BCUT2D eigenvalue weighted by atomic mass is 35.5. The zero-order valence-electron chi connectivity index (χ0n) is 19.9. The summed E-state index contributed by atoms with van der Waals surface area (Å²) in [5.41, 5.74) is -4.96. The number of nitrogens with one attached hydrogen (secondary N) is 2. The summed E-state index contributed by atoms with van der Waals surface area (Å²) in [5.74, 6) is -4.31. The standard InChI is InChI=1S/C24H15Cl3F10N2S2/c25-15-6-11(7-16(26)18(15)27)13(23(32,33)34)8-17(28)10-1-2-12(14(5-10)24(35,36)37)19(40)39-21(3-4-21)20(41)38-9-22(29,30)31/h1-2,5-8,13H,3-4,9H2,(H,38,41)(H,39,40)/b17-8-. The molecule has 224 valence electrons. The third-order valence-electron chi connectivity index (χ3n) is 5.86. The monoisotopic (exact) mass is 690 g/mol. The second-order valence-corrected chi connectivity index (χ2v) is 10.9. The van der Waals surface area contributed by atoms with Crippen LogP contribution in [0.25, 0.3) is 5.83 Å². The van der Waals surface area contributed by atoms with Crippen molar-refractivity contribution in [3.05, 3.63) is 73.7 Å². The molecule has 0 aromatic heterocycles. The normalized spacial score (nSPS) is 16.3. The Hall–Kier alpha value is -1.87. The van der Waals surface area contributed by atoms with Gasteiger partial charge in [0.1, 0.15) is 28.3 Å². The molecule has 1 aliphatic rings. The van der Waals surface area contributed by atoms with E-state index in [1.54, 1.807) is 0 Å². The van der Waals surface area contributed by atoms with Crippen LogP contribution >= 0.6 is 59.2 Å². The fourth-order valence-electron chi connectivity index (χ4n) is 3.67. The zero-order valence-corrected chi connectivity index (χ0v) is 23.8. The van der Waals surface area contributed by atoms with Gasteiger partial charge in [-0.05, 0) is 42.7 Å². The van der Waals surface area contributed by atoms with E-state index in [0.717, 1.165) is 24.3 Å². The fourth-order valence-corrected chi connectivity index (χ4v) is 4.98. The minimum Gasteiger partial charge on any atom is -0.369 e. The molecular formula is C24H15Cl3F10N2S2. The number of allylic oxidation sites excluding steroid dienone is 1. The second-order valence-electron chi connectivity index (χ2n) is 8.92. The first-order valence-corrected chi connectivity index (χ1v) is 13.1. The Kier molecular flexibility index (Phi) is 9.86. The number of benzene rings is 2. The topological polar surface area (TPSA) is 24.1 Å². The molecule has 0 spiro atoms. The van der Waals surface area contributed by atoms with Crippen LogP contribution in [-0.2, 0) is 6.18 Å². The van der Waals surface area contributed by atoms with Crippen LogP contribution in [0.3, 0.4) is 0 Å². The summed E-state index contributed by atoms with van der Waals surface area (Å²) in [4.78, 5) is -0.863. The van der Waals surface area contributed by atoms with Gasteiger partial charge in [0.15, 0.2) is 0 Å². The first-order valence-electron chi connectivity index (χ1n) is 11.1. The van der Waals surface area contributed by atoms with E-state index in [9.17, 15) is 39.5 Å². The van der Waals surface area contributed by atoms with E-state index in [2.05, 4.69) is 5.32 Å². The lowest BCUT2D eigenvalue weighted by Crippen LogP contribution is -2.49. The zero-order chi connectivity index (χ0) is 31.1. The molecule has 1 unspecified atom stereocenters. The number of halogens is 13. The van der Waals surface area contributed by atoms with Crippen molar-refractivity contribution in [3.8, 4) is 0 Å². The van der Waals surface area contributed by atoms with Crippen LogP contribution in [0, 0.1) is 0 Å². The molecule has 1 saturated carbocycles. The Morgan fingerprint density at radius 1 is 0.927 bits per heavy atom. The van der Waals surface area contributed by atoms with E-state index in [0.29, 0.717) is 0 Å². The molecule has 0 radical (unpaired) electrons. The van der Waals surface area contributed by atoms with Crippen molar-refractivity contribution >= 4 is 75.0 Å². The maximum Gasteiger partial charge on any atom is 0.417 e. The van der Waals surface area contributed by atoms with Crippen molar-refractivity contribution in [2.45, 2.75) is 42.8 Å². The molecule has 1 fully saturated rings. The minimum absolute atomic E-state index is 0.0611. The van der Waals surface area contributed by atoms with Crippen LogP contribution in [0.1, 0.15) is 41.0 Å². The van der Waals surface area contributed by atoms with Gasteiger partial charge in [-0.2, -0.15) is 39.5 Å². The van der Waals surface area contributed by atoms with E-state index in [4.69, 9.17) is 59.2 Å². The molecule has 2 nitrogen and oxygen atoms in total. The molecule has 0 bridgehead atoms. The molecule has 1 atom stereocenters. The summed E-state index contributed by atoms with van der Waals surface area (Å²) >= 11 is 27.3. The van der Waals surface area contributed by atoms with Crippen molar-refractivity contribution < 1.29 is 43.9 Å². The van der Waals surface area contributed by atoms with Crippen molar-refractivity contribution in [1.82, 2.24) is 10.6 Å². The van der Waals surface area contributed by atoms with Crippen LogP contribution in [-0.4, -0.2) is 34.4 Å². The number of hydrogen-bond donors (Lipinski definition) is 2. The highest BCUT2D eigenvalue weighted by molar-refractivity contribution is 7.81. The lowest BCUT2D eigenvalue weighted by molar-refractivity contribution is -0.140. The van der Waals surface area contributed by atoms with E-state index < -0.39 is 69.6 Å². The molecular weight excluding hydrogens is 677 g/mol.